The van der Waals surface area contributed by atoms with Crippen LogP contribution in [-0.2, 0) is 7.05 Å². The van der Waals surface area contributed by atoms with Crippen LogP contribution >= 0.6 is 0 Å². The molecule has 4 aliphatic rings. The van der Waals surface area contributed by atoms with Gasteiger partial charge in [-0.3, -0.25) is 4.57 Å². The Morgan fingerprint density at radius 1 is 0.642 bits per heavy atom. The van der Waals surface area contributed by atoms with E-state index in [1.807, 2.05) is 29.9 Å². The summed E-state index contributed by atoms with van der Waals surface area (Å²) in [4.78, 5) is 5.09. The number of imidazole rings is 1. The molecule has 3 aromatic heterocycles. The van der Waals surface area contributed by atoms with E-state index >= 15 is 0 Å². The molecule has 8 aromatic rings. The molecule has 4 bridgehead atoms. The molecule has 5 heteroatoms. The third-order valence-corrected chi connectivity index (χ3v) is 12.9. The average Bonchev–Trinajstić information content (AvgIpc) is 3.70. The van der Waals surface area contributed by atoms with Gasteiger partial charge in [-0.05, 0) is 115 Å². The lowest BCUT2D eigenvalue weighted by Crippen LogP contribution is -2.47. The fourth-order valence-electron chi connectivity index (χ4n) is 11.0. The number of hydrogen-bond acceptors (Lipinski definition) is 2. The molecule has 0 N–H and O–H groups in total. The number of ether oxygens (including phenoxy) is 1. The van der Waals surface area contributed by atoms with E-state index in [4.69, 9.17) is 9.72 Å². The van der Waals surface area contributed by atoms with E-state index in [2.05, 4.69) is 137 Å². The second-order valence-electron chi connectivity index (χ2n) is 16.0. The number of aryl methyl sites for hydroxylation is 1. The zero-order chi connectivity index (χ0) is 35.0. The number of aromatic nitrogens is 4. The van der Waals surface area contributed by atoms with Gasteiger partial charge in [0.05, 0.1) is 34.8 Å². The fourth-order valence-corrected chi connectivity index (χ4v) is 11.0. The van der Waals surface area contributed by atoms with Gasteiger partial charge in [0, 0.05) is 29.0 Å². The van der Waals surface area contributed by atoms with Crippen molar-refractivity contribution in [1.82, 2.24) is 14.1 Å². The number of nitrogens with zero attached hydrogens (tertiary/aromatic N) is 4. The molecule has 3 heterocycles. The van der Waals surface area contributed by atoms with Gasteiger partial charge in [0.2, 0.25) is 6.33 Å². The summed E-state index contributed by atoms with van der Waals surface area (Å²) in [5.41, 5.74) is 8.31. The van der Waals surface area contributed by atoms with Crippen molar-refractivity contribution in [2.45, 2.75) is 38.0 Å². The van der Waals surface area contributed by atoms with Crippen LogP contribution in [0.5, 0.6) is 11.5 Å². The maximum atomic E-state index is 6.64. The first kappa shape index (κ1) is 30.9. The van der Waals surface area contributed by atoms with Crippen molar-refractivity contribution in [3.05, 3.63) is 157 Å². The maximum absolute atomic E-state index is 6.64. The third-order valence-electron chi connectivity index (χ3n) is 12.9. The van der Waals surface area contributed by atoms with Gasteiger partial charge in [-0.25, -0.2) is 4.98 Å². The molecular formula is C48H42N4O. The second kappa shape index (κ2) is 12.2. The minimum absolute atomic E-state index is 0.365. The van der Waals surface area contributed by atoms with Crippen molar-refractivity contribution in [3.8, 4) is 23.0 Å². The first-order valence-corrected chi connectivity index (χ1v) is 19.4. The predicted molar refractivity (Wildman–Crippen MR) is 211 cm³/mol. The Labute approximate surface area is 310 Å². The average molecular weight is 691 g/mol. The minimum atomic E-state index is 0.365. The topological polar surface area (TPSA) is 35.9 Å². The largest absolute Gasteiger partial charge is 0.458 e. The van der Waals surface area contributed by atoms with Crippen molar-refractivity contribution >= 4 is 32.8 Å². The summed E-state index contributed by atoms with van der Waals surface area (Å²) < 4.78 is 13.1. The molecule has 4 aliphatic carbocycles. The van der Waals surface area contributed by atoms with Crippen LogP contribution in [0.3, 0.4) is 0 Å². The van der Waals surface area contributed by atoms with Crippen molar-refractivity contribution in [3.63, 3.8) is 0 Å². The smallest absolute Gasteiger partial charge is 0.244 e. The number of para-hydroxylation sites is 3. The van der Waals surface area contributed by atoms with Gasteiger partial charge >= 0.3 is 0 Å². The molecule has 5 aromatic carbocycles. The van der Waals surface area contributed by atoms with Crippen LogP contribution in [0.15, 0.2) is 140 Å². The standard InChI is InChI=1S/C48H42N4O/c1-50-30-51(44-17-8-7-16-43(44)50)37-12-9-13-38(28-37)53-39-18-19-41-40-14-5-6-15-42(40)52(45(41)29-39)46-27-34(20-21-49-46)47(33-10-3-2-4-11-33)48-35-23-31-22-32(25-35)26-36(48)24-31/h2-21,27-29,31-32,35-36,47-48H,22-26H2,1H3. The Hall–Kier alpha value is -5.68. The van der Waals surface area contributed by atoms with Crippen molar-refractivity contribution in [2.75, 3.05) is 0 Å². The maximum Gasteiger partial charge on any atom is 0.244 e. The summed E-state index contributed by atoms with van der Waals surface area (Å²) in [6.45, 7) is 0. The highest BCUT2D eigenvalue weighted by Crippen LogP contribution is 2.61. The summed E-state index contributed by atoms with van der Waals surface area (Å²) in [6, 6.07) is 47.8. The normalized spacial score (nSPS) is 22.5. The second-order valence-corrected chi connectivity index (χ2v) is 16.0. The molecule has 0 amide bonds. The molecular weight excluding hydrogens is 649 g/mol. The zero-order valence-corrected chi connectivity index (χ0v) is 30.0. The Balaban J connectivity index is 1.00. The lowest BCUT2D eigenvalue weighted by Gasteiger charge is -2.56. The van der Waals surface area contributed by atoms with Gasteiger partial charge in [-0.15, -0.1) is 0 Å². The number of fused-ring (bicyclic) bond motifs is 4. The van der Waals surface area contributed by atoms with Crippen LogP contribution in [0.4, 0.5) is 0 Å². The highest BCUT2D eigenvalue weighted by Gasteiger charge is 2.51. The van der Waals surface area contributed by atoms with E-state index in [1.54, 1.807) is 0 Å². The Bertz CT molecular complexity index is 2620. The van der Waals surface area contributed by atoms with E-state index < -0.39 is 0 Å². The molecule has 12 rings (SSSR count). The van der Waals surface area contributed by atoms with Gasteiger partial charge in [0.15, 0.2) is 0 Å². The van der Waals surface area contributed by atoms with Crippen LogP contribution < -0.4 is 9.30 Å². The highest BCUT2D eigenvalue weighted by atomic mass is 16.5. The third kappa shape index (κ3) is 5.12. The summed E-state index contributed by atoms with van der Waals surface area (Å²) in [5, 5.41) is 2.40. The number of hydrogen-bond donors (Lipinski definition) is 0. The number of pyridine rings is 1. The van der Waals surface area contributed by atoms with E-state index in [0.717, 1.165) is 68.7 Å². The predicted octanol–water partition coefficient (Wildman–Crippen LogP) is 10.7. The Morgan fingerprint density at radius 2 is 1.36 bits per heavy atom. The van der Waals surface area contributed by atoms with E-state index in [9.17, 15) is 0 Å². The molecule has 0 radical (unpaired) electrons. The summed E-state index contributed by atoms with van der Waals surface area (Å²) in [6.07, 6.45) is 12.6. The molecule has 5 nitrogen and oxygen atoms in total. The Morgan fingerprint density at radius 3 is 2.19 bits per heavy atom. The van der Waals surface area contributed by atoms with Crippen molar-refractivity contribution in [1.29, 1.82) is 0 Å². The molecule has 4 fully saturated rings. The first-order chi connectivity index (χ1) is 26.1. The first-order valence-electron chi connectivity index (χ1n) is 19.4. The molecule has 260 valence electrons. The Kier molecular flexibility index (Phi) is 7.11. The lowest BCUT2D eigenvalue weighted by molar-refractivity contribution is -0.649. The van der Waals surface area contributed by atoms with Crippen LogP contribution in [0.25, 0.3) is 44.3 Å². The van der Waals surface area contributed by atoms with Gasteiger partial charge in [-0.1, -0.05) is 84.9 Å². The monoisotopic (exact) mass is 690 g/mol. The lowest BCUT2D eigenvalue weighted by atomic mass is 9.48. The highest BCUT2D eigenvalue weighted by molar-refractivity contribution is 6.09. The van der Waals surface area contributed by atoms with Crippen LogP contribution in [0.1, 0.15) is 49.1 Å². The molecule has 1 unspecified atom stereocenters. The SMILES string of the molecule is C[n+]1[c-]n(-c2cccc(Oc3ccc4c5ccccc5n(-c5cc(C(c6ccccc6)C6C7CC8CC(C7)CC6C8)ccn5)c4c3)c2)c2ccccc21. The molecule has 0 saturated heterocycles. The van der Waals surface area contributed by atoms with Crippen LogP contribution in [-0.4, -0.2) is 14.1 Å². The molecule has 1 atom stereocenters. The number of benzene rings is 5. The molecule has 0 aliphatic heterocycles. The fraction of sp³-hybridized carbons (Fsp3) is 0.250. The van der Waals surface area contributed by atoms with Gasteiger partial charge in [0.25, 0.3) is 0 Å². The molecule has 0 spiro atoms. The minimum Gasteiger partial charge on any atom is -0.458 e. The van der Waals surface area contributed by atoms with Gasteiger partial charge in [-0.2, -0.15) is 0 Å². The van der Waals surface area contributed by atoms with Crippen molar-refractivity contribution < 1.29 is 9.30 Å². The van der Waals surface area contributed by atoms with E-state index in [1.165, 1.54) is 54.0 Å². The van der Waals surface area contributed by atoms with Gasteiger partial charge in [0.1, 0.15) is 17.3 Å². The summed E-state index contributed by atoms with van der Waals surface area (Å²) in [5.74, 6) is 7.10. The van der Waals surface area contributed by atoms with Gasteiger partial charge < -0.3 is 13.9 Å². The quantitative estimate of drug-likeness (QED) is 0.123. The van der Waals surface area contributed by atoms with Crippen molar-refractivity contribution in [2.24, 2.45) is 36.6 Å². The summed E-state index contributed by atoms with van der Waals surface area (Å²) >= 11 is 0. The molecule has 53 heavy (non-hydrogen) atoms. The zero-order valence-electron chi connectivity index (χ0n) is 30.0. The van der Waals surface area contributed by atoms with Crippen LogP contribution in [0, 0.1) is 35.9 Å². The number of rotatable bonds is 7. The van der Waals surface area contributed by atoms with E-state index in [0.29, 0.717) is 11.8 Å². The molecule has 4 saturated carbocycles. The van der Waals surface area contributed by atoms with Crippen LogP contribution in [0.2, 0.25) is 0 Å². The van der Waals surface area contributed by atoms with E-state index in [-0.39, 0.29) is 0 Å². The summed E-state index contributed by atoms with van der Waals surface area (Å²) in [7, 11) is 2.03.